The van der Waals surface area contributed by atoms with Crippen molar-refractivity contribution in [2.45, 2.75) is 26.4 Å². The average Bonchev–Trinajstić information content (AvgIpc) is 3.04. The van der Waals surface area contributed by atoms with Crippen molar-refractivity contribution in [3.63, 3.8) is 0 Å². The van der Waals surface area contributed by atoms with Crippen LogP contribution in [0.1, 0.15) is 22.4 Å². The maximum absolute atomic E-state index is 4.84. The van der Waals surface area contributed by atoms with E-state index in [-0.39, 0.29) is 0 Å². The Hall–Kier alpha value is -1.97. The molecule has 0 aliphatic carbocycles. The molecule has 0 radical (unpaired) electrons. The van der Waals surface area contributed by atoms with Crippen molar-refractivity contribution in [3.8, 4) is 10.6 Å². The lowest BCUT2D eigenvalue weighted by atomic mass is 10.00. The predicted molar refractivity (Wildman–Crippen MR) is 96.5 cm³/mol. The van der Waals surface area contributed by atoms with E-state index in [1.165, 1.54) is 27.9 Å². The highest BCUT2D eigenvalue weighted by Gasteiger charge is 2.17. The largest absolute Gasteiger partial charge is 0.293 e. The topological polar surface area (TPSA) is 16.1 Å². The first-order valence-electron chi connectivity index (χ1n) is 8.08. The zero-order valence-electron chi connectivity index (χ0n) is 13.3. The van der Waals surface area contributed by atoms with Crippen LogP contribution in [0.4, 0.5) is 0 Å². The van der Waals surface area contributed by atoms with E-state index in [1.807, 2.05) is 0 Å². The molecule has 2 aromatic carbocycles. The normalized spacial score (nSPS) is 14.7. The van der Waals surface area contributed by atoms with Gasteiger partial charge in [0.2, 0.25) is 0 Å². The van der Waals surface area contributed by atoms with Gasteiger partial charge < -0.3 is 0 Å². The van der Waals surface area contributed by atoms with E-state index in [9.17, 15) is 0 Å². The second-order valence-electron chi connectivity index (χ2n) is 6.24. The number of aromatic nitrogens is 1. The number of thiazole rings is 1. The van der Waals surface area contributed by atoms with Crippen LogP contribution in [0.3, 0.4) is 0 Å². The molecule has 0 atom stereocenters. The van der Waals surface area contributed by atoms with Crippen molar-refractivity contribution in [3.05, 3.63) is 76.3 Å². The Morgan fingerprint density at radius 3 is 2.65 bits per heavy atom. The van der Waals surface area contributed by atoms with E-state index in [0.29, 0.717) is 0 Å². The summed E-state index contributed by atoms with van der Waals surface area (Å²) in [5.41, 5.74) is 6.66. The molecule has 0 N–H and O–H groups in total. The number of hydrogen-bond donors (Lipinski definition) is 0. The van der Waals surface area contributed by atoms with E-state index < -0.39 is 0 Å². The van der Waals surface area contributed by atoms with E-state index in [4.69, 9.17) is 4.98 Å². The van der Waals surface area contributed by atoms with Gasteiger partial charge in [-0.25, -0.2) is 4.98 Å². The van der Waals surface area contributed by atoms with Crippen molar-refractivity contribution < 1.29 is 0 Å². The van der Waals surface area contributed by atoms with Gasteiger partial charge in [-0.3, -0.25) is 4.90 Å². The zero-order valence-corrected chi connectivity index (χ0v) is 14.1. The van der Waals surface area contributed by atoms with Crippen LogP contribution in [-0.4, -0.2) is 16.4 Å². The van der Waals surface area contributed by atoms with Crippen molar-refractivity contribution >= 4 is 11.3 Å². The third kappa shape index (κ3) is 3.21. The molecule has 0 saturated heterocycles. The molecule has 1 aromatic heterocycles. The smallest absolute Gasteiger partial charge is 0.123 e. The minimum atomic E-state index is 0.941. The molecule has 0 bridgehead atoms. The predicted octanol–water partition coefficient (Wildman–Crippen LogP) is 4.68. The Labute approximate surface area is 141 Å². The first-order valence-corrected chi connectivity index (χ1v) is 8.96. The molecule has 1 aliphatic rings. The van der Waals surface area contributed by atoms with Crippen LogP contribution < -0.4 is 0 Å². The third-order valence-electron chi connectivity index (χ3n) is 4.45. The molecule has 0 unspecified atom stereocenters. The fourth-order valence-corrected chi connectivity index (χ4v) is 3.94. The van der Waals surface area contributed by atoms with Gasteiger partial charge in [-0.05, 0) is 24.5 Å². The van der Waals surface area contributed by atoms with Crippen molar-refractivity contribution in [2.75, 3.05) is 6.54 Å². The summed E-state index contributed by atoms with van der Waals surface area (Å²) in [6.07, 6.45) is 1.14. The molecule has 1 aliphatic heterocycles. The number of hydrogen-bond acceptors (Lipinski definition) is 3. The lowest BCUT2D eigenvalue weighted by molar-refractivity contribution is 0.243. The quantitative estimate of drug-likeness (QED) is 0.697. The second-order valence-corrected chi connectivity index (χ2v) is 7.10. The van der Waals surface area contributed by atoms with Crippen LogP contribution in [0.2, 0.25) is 0 Å². The maximum atomic E-state index is 4.84. The second kappa shape index (κ2) is 6.26. The first kappa shape index (κ1) is 14.6. The summed E-state index contributed by atoms with van der Waals surface area (Å²) in [5, 5.41) is 3.33. The minimum Gasteiger partial charge on any atom is -0.293 e. The SMILES string of the molecule is Cc1ccc(-c2nc(CN3CCc4ccccc4C3)cs2)cc1. The van der Waals surface area contributed by atoms with Gasteiger partial charge in [0.15, 0.2) is 0 Å². The Morgan fingerprint density at radius 2 is 1.83 bits per heavy atom. The molecule has 0 fully saturated rings. The molecule has 2 nitrogen and oxygen atoms in total. The number of nitrogens with zero attached hydrogens (tertiary/aromatic N) is 2. The summed E-state index contributed by atoms with van der Waals surface area (Å²) in [5.74, 6) is 0. The highest BCUT2D eigenvalue weighted by molar-refractivity contribution is 7.13. The third-order valence-corrected chi connectivity index (χ3v) is 5.39. The summed E-state index contributed by atoms with van der Waals surface area (Å²) in [6, 6.07) is 17.4. The summed E-state index contributed by atoms with van der Waals surface area (Å²) in [4.78, 5) is 7.33. The van der Waals surface area contributed by atoms with E-state index in [2.05, 4.69) is 65.7 Å². The molecular weight excluding hydrogens is 300 g/mol. The van der Waals surface area contributed by atoms with E-state index in [0.717, 1.165) is 31.1 Å². The summed E-state index contributed by atoms with van der Waals surface area (Å²) >= 11 is 1.74. The van der Waals surface area contributed by atoms with Gasteiger partial charge in [-0.15, -0.1) is 11.3 Å². The van der Waals surface area contributed by atoms with E-state index >= 15 is 0 Å². The Morgan fingerprint density at radius 1 is 1.04 bits per heavy atom. The summed E-state index contributed by atoms with van der Waals surface area (Å²) in [7, 11) is 0. The Bertz CT molecular complexity index is 805. The van der Waals surface area contributed by atoms with Gasteiger partial charge in [-0.1, -0.05) is 54.1 Å². The van der Waals surface area contributed by atoms with Gasteiger partial charge in [0.25, 0.3) is 0 Å². The molecule has 3 heteroatoms. The van der Waals surface area contributed by atoms with Crippen LogP contribution in [-0.2, 0) is 19.5 Å². The molecule has 0 spiro atoms. The van der Waals surface area contributed by atoms with Crippen molar-refractivity contribution in [2.24, 2.45) is 0 Å². The minimum absolute atomic E-state index is 0.941. The standard InChI is InChI=1S/C20H20N2S/c1-15-6-8-17(9-7-15)20-21-19(14-23-20)13-22-11-10-16-4-2-3-5-18(16)12-22/h2-9,14H,10-13H2,1H3. The highest BCUT2D eigenvalue weighted by Crippen LogP contribution is 2.26. The number of benzene rings is 2. The average molecular weight is 320 g/mol. The molecule has 0 amide bonds. The number of rotatable bonds is 3. The van der Waals surface area contributed by atoms with Gasteiger partial charge in [-0.2, -0.15) is 0 Å². The molecule has 4 rings (SSSR count). The molecule has 23 heavy (non-hydrogen) atoms. The number of aryl methyl sites for hydroxylation is 1. The van der Waals surface area contributed by atoms with Crippen LogP contribution in [0.25, 0.3) is 10.6 Å². The van der Waals surface area contributed by atoms with Gasteiger partial charge in [0.05, 0.1) is 5.69 Å². The van der Waals surface area contributed by atoms with Crippen molar-refractivity contribution in [1.82, 2.24) is 9.88 Å². The maximum Gasteiger partial charge on any atom is 0.123 e. The Kier molecular flexibility index (Phi) is 3.98. The van der Waals surface area contributed by atoms with Gasteiger partial charge >= 0.3 is 0 Å². The lowest BCUT2D eigenvalue weighted by Gasteiger charge is -2.27. The Balaban J connectivity index is 1.47. The molecule has 0 saturated carbocycles. The molecule has 3 aromatic rings. The first-order chi connectivity index (χ1) is 11.3. The van der Waals surface area contributed by atoms with Crippen LogP contribution >= 0.6 is 11.3 Å². The van der Waals surface area contributed by atoms with Crippen molar-refractivity contribution in [1.29, 1.82) is 0 Å². The van der Waals surface area contributed by atoms with Crippen LogP contribution in [0.15, 0.2) is 53.9 Å². The molecule has 116 valence electrons. The highest BCUT2D eigenvalue weighted by atomic mass is 32.1. The zero-order chi connectivity index (χ0) is 15.6. The molecule has 2 heterocycles. The lowest BCUT2D eigenvalue weighted by Crippen LogP contribution is -2.30. The van der Waals surface area contributed by atoms with Crippen LogP contribution in [0.5, 0.6) is 0 Å². The summed E-state index contributed by atoms with van der Waals surface area (Å²) in [6.45, 7) is 5.21. The fraction of sp³-hybridized carbons (Fsp3) is 0.250. The summed E-state index contributed by atoms with van der Waals surface area (Å²) < 4.78 is 0. The molecular formula is C20H20N2S. The van der Waals surface area contributed by atoms with Gasteiger partial charge in [0.1, 0.15) is 5.01 Å². The van der Waals surface area contributed by atoms with Gasteiger partial charge in [0, 0.05) is 30.6 Å². The number of fused-ring (bicyclic) bond motifs is 1. The van der Waals surface area contributed by atoms with Crippen LogP contribution in [0, 0.1) is 6.92 Å². The fourth-order valence-electron chi connectivity index (χ4n) is 3.13. The monoisotopic (exact) mass is 320 g/mol. The van der Waals surface area contributed by atoms with E-state index in [1.54, 1.807) is 11.3 Å².